The van der Waals surface area contributed by atoms with Crippen LogP contribution in [0.4, 0.5) is 0 Å². The highest BCUT2D eigenvalue weighted by Crippen LogP contribution is 2.09. The standard InChI is InChI=1S/C14H23N3O3S/c1-4-12(2)17(21(3,19)20)10-7-14(18)16-11-13-5-8-15-9-6-13/h5-6,8-9,12H,4,7,10-11H2,1-3H3,(H,16,18). The van der Waals surface area contributed by atoms with Crippen LogP contribution in [0, 0.1) is 0 Å². The van der Waals surface area contributed by atoms with Gasteiger partial charge in [-0.05, 0) is 31.0 Å². The van der Waals surface area contributed by atoms with Gasteiger partial charge >= 0.3 is 0 Å². The number of nitrogens with one attached hydrogen (secondary N) is 1. The van der Waals surface area contributed by atoms with E-state index in [0.717, 1.165) is 5.56 Å². The molecule has 21 heavy (non-hydrogen) atoms. The van der Waals surface area contributed by atoms with Crippen molar-refractivity contribution in [1.29, 1.82) is 0 Å². The van der Waals surface area contributed by atoms with E-state index in [4.69, 9.17) is 0 Å². The maximum atomic E-state index is 11.8. The van der Waals surface area contributed by atoms with Crippen molar-refractivity contribution >= 4 is 15.9 Å². The fourth-order valence-corrected chi connectivity index (χ4v) is 3.14. The summed E-state index contributed by atoms with van der Waals surface area (Å²) in [5.74, 6) is -0.163. The first kappa shape index (κ1) is 17.6. The van der Waals surface area contributed by atoms with E-state index in [9.17, 15) is 13.2 Å². The molecule has 0 aliphatic heterocycles. The van der Waals surface area contributed by atoms with Crippen molar-refractivity contribution in [1.82, 2.24) is 14.6 Å². The minimum atomic E-state index is -3.29. The van der Waals surface area contributed by atoms with Crippen LogP contribution in [0.2, 0.25) is 0 Å². The smallest absolute Gasteiger partial charge is 0.221 e. The van der Waals surface area contributed by atoms with E-state index in [1.165, 1.54) is 10.6 Å². The Kier molecular flexibility index (Phi) is 6.77. The van der Waals surface area contributed by atoms with Crippen LogP contribution in [0.1, 0.15) is 32.3 Å². The Morgan fingerprint density at radius 3 is 2.52 bits per heavy atom. The molecule has 1 rings (SSSR count). The van der Waals surface area contributed by atoms with Gasteiger partial charge in [0.1, 0.15) is 0 Å². The summed E-state index contributed by atoms with van der Waals surface area (Å²) >= 11 is 0. The first-order valence-electron chi connectivity index (χ1n) is 6.97. The average molecular weight is 313 g/mol. The zero-order chi connectivity index (χ0) is 15.9. The summed E-state index contributed by atoms with van der Waals surface area (Å²) in [5.41, 5.74) is 0.959. The van der Waals surface area contributed by atoms with Crippen molar-refractivity contribution in [3.05, 3.63) is 30.1 Å². The number of sulfonamides is 1. The second-order valence-corrected chi connectivity index (χ2v) is 6.95. The van der Waals surface area contributed by atoms with Crippen LogP contribution in [-0.4, -0.2) is 42.5 Å². The number of amides is 1. The highest BCUT2D eigenvalue weighted by molar-refractivity contribution is 7.88. The molecule has 0 fully saturated rings. The number of rotatable bonds is 8. The van der Waals surface area contributed by atoms with Crippen molar-refractivity contribution < 1.29 is 13.2 Å². The van der Waals surface area contributed by atoms with E-state index in [2.05, 4.69) is 10.3 Å². The van der Waals surface area contributed by atoms with Gasteiger partial charge in [-0.2, -0.15) is 4.31 Å². The number of hydrogen-bond donors (Lipinski definition) is 1. The predicted octanol–water partition coefficient (Wildman–Crippen LogP) is 1.15. The second-order valence-electron chi connectivity index (χ2n) is 5.01. The van der Waals surface area contributed by atoms with Gasteiger partial charge in [-0.15, -0.1) is 0 Å². The summed E-state index contributed by atoms with van der Waals surface area (Å²) in [6, 6.07) is 3.54. The lowest BCUT2D eigenvalue weighted by Crippen LogP contribution is -2.40. The van der Waals surface area contributed by atoms with Crippen molar-refractivity contribution in [2.24, 2.45) is 0 Å². The van der Waals surface area contributed by atoms with E-state index in [1.807, 2.05) is 26.0 Å². The Bertz CT molecular complexity index is 546. The van der Waals surface area contributed by atoms with Crippen molar-refractivity contribution in [2.75, 3.05) is 12.8 Å². The third-order valence-corrected chi connectivity index (χ3v) is 4.70. The molecule has 1 unspecified atom stereocenters. The number of hydrogen-bond acceptors (Lipinski definition) is 4. The van der Waals surface area contributed by atoms with Gasteiger partial charge in [0.05, 0.1) is 6.26 Å². The van der Waals surface area contributed by atoms with E-state index < -0.39 is 10.0 Å². The minimum Gasteiger partial charge on any atom is -0.352 e. The number of carbonyl (C=O) groups is 1. The van der Waals surface area contributed by atoms with E-state index in [-0.39, 0.29) is 24.9 Å². The number of nitrogens with zero attached hydrogens (tertiary/aromatic N) is 2. The number of aromatic nitrogens is 1. The van der Waals surface area contributed by atoms with Crippen molar-refractivity contribution in [3.63, 3.8) is 0 Å². The van der Waals surface area contributed by atoms with Crippen molar-refractivity contribution in [3.8, 4) is 0 Å². The Hall–Kier alpha value is -1.47. The highest BCUT2D eigenvalue weighted by Gasteiger charge is 2.22. The molecule has 1 aromatic heterocycles. The largest absolute Gasteiger partial charge is 0.352 e. The average Bonchev–Trinajstić information content (AvgIpc) is 2.44. The van der Waals surface area contributed by atoms with Gasteiger partial charge in [0.2, 0.25) is 15.9 Å². The molecule has 0 radical (unpaired) electrons. The van der Waals surface area contributed by atoms with Crippen LogP contribution in [0.15, 0.2) is 24.5 Å². The van der Waals surface area contributed by atoms with Gasteiger partial charge in [0.15, 0.2) is 0 Å². The molecule has 1 atom stereocenters. The molecule has 0 bridgehead atoms. The van der Waals surface area contributed by atoms with Crippen LogP contribution in [0.25, 0.3) is 0 Å². The Labute approximate surface area is 126 Å². The predicted molar refractivity (Wildman–Crippen MR) is 82.0 cm³/mol. The summed E-state index contributed by atoms with van der Waals surface area (Å²) in [5, 5.41) is 2.77. The van der Waals surface area contributed by atoms with Crippen LogP contribution in [-0.2, 0) is 21.4 Å². The van der Waals surface area contributed by atoms with Gasteiger partial charge in [-0.1, -0.05) is 6.92 Å². The molecule has 1 N–H and O–H groups in total. The quantitative estimate of drug-likeness (QED) is 0.781. The van der Waals surface area contributed by atoms with E-state index in [0.29, 0.717) is 13.0 Å². The first-order chi connectivity index (χ1) is 9.84. The van der Waals surface area contributed by atoms with Crippen LogP contribution in [0.5, 0.6) is 0 Å². The van der Waals surface area contributed by atoms with E-state index >= 15 is 0 Å². The molecule has 0 aromatic carbocycles. The van der Waals surface area contributed by atoms with Crippen LogP contribution in [0.3, 0.4) is 0 Å². The van der Waals surface area contributed by atoms with Gasteiger partial charge < -0.3 is 5.32 Å². The van der Waals surface area contributed by atoms with Gasteiger partial charge in [0, 0.05) is 37.9 Å². The molecule has 0 aliphatic carbocycles. The third kappa shape index (κ3) is 6.22. The molecular formula is C14H23N3O3S. The molecule has 1 heterocycles. The molecule has 0 saturated carbocycles. The summed E-state index contributed by atoms with van der Waals surface area (Å²) in [4.78, 5) is 15.7. The molecular weight excluding hydrogens is 290 g/mol. The zero-order valence-corrected chi connectivity index (χ0v) is 13.6. The lowest BCUT2D eigenvalue weighted by atomic mass is 10.2. The summed E-state index contributed by atoms with van der Waals surface area (Å²) < 4.78 is 24.8. The number of carbonyl (C=O) groups excluding carboxylic acids is 1. The lowest BCUT2D eigenvalue weighted by Gasteiger charge is -2.25. The Morgan fingerprint density at radius 2 is 2.00 bits per heavy atom. The van der Waals surface area contributed by atoms with Gasteiger partial charge in [-0.3, -0.25) is 9.78 Å². The monoisotopic (exact) mass is 313 g/mol. The Morgan fingerprint density at radius 1 is 1.38 bits per heavy atom. The zero-order valence-electron chi connectivity index (χ0n) is 12.7. The second kappa shape index (κ2) is 8.09. The molecule has 0 aliphatic rings. The Balaban J connectivity index is 2.47. The van der Waals surface area contributed by atoms with Crippen LogP contribution < -0.4 is 5.32 Å². The minimum absolute atomic E-state index is 0.104. The third-order valence-electron chi connectivity index (χ3n) is 3.31. The molecule has 118 valence electrons. The van der Waals surface area contributed by atoms with Crippen molar-refractivity contribution in [2.45, 2.75) is 39.3 Å². The topological polar surface area (TPSA) is 79.4 Å². The van der Waals surface area contributed by atoms with Gasteiger partial charge in [-0.25, -0.2) is 8.42 Å². The summed E-state index contributed by atoms with van der Waals surface area (Å²) in [6.07, 6.45) is 5.37. The maximum absolute atomic E-state index is 11.8. The molecule has 1 aromatic rings. The number of pyridine rings is 1. The van der Waals surface area contributed by atoms with Crippen LogP contribution >= 0.6 is 0 Å². The molecule has 1 amide bonds. The lowest BCUT2D eigenvalue weighted by molar-refractivity contribution is -0.121. The SMILES string of the molecule is CCC(C)N(CCC(=O)NCc1ccncc1)S(C)(=O)=O. The van der Waals surface area contributed by atoms with E-state index in [1.54, 1.807) is 12.4 Å². The normalized spacial score (nSPS) is 13.1. The highest BCUT2D eigenvalue weighted by atomic mass is 32.2. The fourth-order valence-electron chi connectivity index (χ4n) is 1.92. The summed E-state index contributed by atoms with van der Waals surface area (Å²) in [6.45, 7) is 4.39. The summed E-state index contributed by atoms with van der Waals surface area (Å²) in [7, 11) is -3.29. The molecule has 0 spiro atoms. The maximum Gasteiger partial charge on any atom is 0.221 e. The molecule has 6 nitrogen and oxygen atoms in total. The first-order valence-corrected chi connectivity index (χ1v) is 8.81. The molecule has 0 saturated heterocycles. The van der Waals surface area contributed by atoms with Gasteiger partial charge in [0.25, 0.3) is 0 Å². The fraction of sp³-hybridized carbons (Fsp3) is 0.571. The molecule has 7 heteroatoms.